The number of rotatable bonds is 5. The molecular weight excluding hydrogens is 261 g/mol. The van der Waals surface area contributed by atoms with Gasteiger partial charge in [-0.3, -0.25) is 9.79 Å². The molecule has 8 heteroatoms. The Morgan fingerprint density at radius 1 is 1.53 bits per heavy atom. The first kappa shape index (κ1) is 20.3. The lowest BCUT2D eigenvalue weighted by Crippen LogP contribution is -2.30. The summed E-state index contributed by atoms with van der Waals surface area (Å²) in [4.78, 5) is 14.3. The third-order valence-corrected chi connectivity index (χ3v) is 2.01. The van der Waals surface area contributed by atoms with Crippen LogP contribution in [0.25, 0.3) is 0 Å². The largest absolute Gasteiger partial charge is 0.480 e. The number of nitrogens with two attached hydrogens (primary N) is 2. The Bertz CT molecular complexity index is 205. The molecule has 0 fully saturated rings. The van der Waals surface area contributed by atoms with Crippen LogP contribution in [0.1, 0.15) is 12.8 Å². The van der Waals surface area contributed by atoms with Crippen molar-refractivity contribution in [2.75, 3.05) is 12.8 Å². The van der Waals surface area contributed by atoms with Gasteiger partial charge in [-0.2, -0.15) is 0 Å². The Hall–Kier alpha value is -0.170. The second-order valence-electron chi connectivity index (χ2n) is 2.51. The first-order valence-corrected chi connectivity index (χ1v) is 5.12. The summed E-state index contributed by atoms with van der Waals surface area (Å²) < 4.78 is 0. The number of carboxylic acid groups (broad SMARTS) is 1. The maximum Gasteiger partial charge on any atom is 0.320 e. The summed E-state index contributed by atoms with van der Waals surface area (Å²) in [5.41, 5.74) is 10.7. The molecule has 0 radical (unpaired) electrons. The fraction of sp³-hybridized carbons (Fsp3) is 0.714. The number of hydrogen-bond donors (Lipinski definition) is 3. The molecule has 15 heavy (non-hydrogen) atoms. The first-order chi connectivity index (χ1) is 6.07. The Morgan fingerprint density at radius 3 is 2.47 bits per heavy atom. The zero-order chi connectivity index (χ0) is 10.3. The van der Waals surface area contributed by atoms with Gasteiger partial charge in [-0.25, -0.2) is 0 Å². The van der Waals surface area contributed by atoms with Crippen molar-refractivity contribution in [2.24, 2.45) is 16.5 Å². The normalized spacial score (nSPS) is 12.3. The monoisotopic (exact) mass is 277 g/mol. The van der Waals surface area contributed by atoms with Gasteiger partial charge in [0.15, 0.2) is 5.17 Å². The van der Waals surface area contributed by atoms with Crippen molar-refractivity contribution in [3.05, 3.63) is 0 Å². The van der Waals surface area contributed by atoms with Gasteiger partial charge in [0, 0.05) is 6.54 Å². The SMILES string of the molecule is CSC(N)=NCCC[C@@H](N)C(=O)O.Cl.Cl. The Labute approximate surface area is 106 Å². The van der Waals surface area contributed by atoms with Crippen LogP contribution in [0.15, 0.2) is 4.99 Å². The van der Waals surface area contributed by atoms with Crippen LogP contribution in [0.5, 0.6) is 0 Å². The molecule has 0 bridgehead atoms. The first-order valence-electron chi connectivity index (χ1n) is 3.90. The molecule has 0 saturated heterocycles. The number of aliphatic carboxylic acids is 1. The fourth-order valence-corrected chi connectivity index (χ4v) is 0.909. The number of halogens is 2. The number of thioether (sulfide) groups is 1. The van der Waals surface area contributed by atoms with Crippen LogP contribution in [0.4, 0.5) is 0 Å². The maximum absolute atomic E-state index is 10.3. The molecule has 0 aromatic rings. The highest BCUT2D eigenvalue weighted by atomic mass is 35.5. The van der Waals surface area contributed by atoms with Gasteiger partial charge in [-0.1, -0.05) is 11.8 Å². The molecular formula is C7H17Cl2N3O2S. The number of aliphatic imine (C=N–C) groups is 1. The second-order valence-corrected chi connectivity index (χ2v) is 3.34. The zero-order valence-corrected chi connectivity index (χ0v) is 10.8. The standard InChI is InChI=1S/C7H15N3O2S.2ClH/c1-13-7(9)10-4-2-3-5(8)6(11)12;;/h5H,2-4,8H2,1H3,(H2,9,10)(H,11,12);2*1H/t5-;;/m1../s1. The highest BCUT2D eigenvalue weighted by molar-refractivity contribution is 8.13. The highest BCUT2D eigenvalue weighted by Crippen LogP contribution is 1.97. The third kappa shape index (κ3) is 11.8. The van der Waals surface area contributed by atoms with Gasteiger partial charge >= 0.3 is 5.97 Å². The van der Waals surface area contributed by atoms with E-state index in [4.69, 9.17) is 16.6 Å². The van der Waals surface area contributed by atoms with E-state index in [0.717, 1.165) is 0 Å². The molecule has 5 nitrogen and oxygen atoms in total. The summed E-state index contributed by atoms with van der Waals surface area (Å²) >= 11 is 1.37. The van der Waals surface area contributed by atoms with Gasteiger partial charge in [0.25, 0.3) is 0 Å². The average molecular weight is 278 g/mol. The van der Waals surface area contributed by atoms with Crippen molar-refractivity contribution >= 4 is 47.7 Å². The molecule has 0 rings (SSSR count). The number of carboxylic acids is 1. The summed E-state index contributed by atoms with van der Waals surface area (Å²) in [6.07, 6.45) is 2.91. The van der Waals surface area contributed by atoms with Gasteiger partial charge in [0.2, 0.25) is 0 Å². The molecule has 1 atom stereocenters. The van der Waals surface area contributed by atoms with Crippen LogP contribution < -0.4 is 11.5 Å². The lowest BCUT2D eigenvalue weighted by Gasteiger charge is -2.03. The molecule has 0 amide bonds. The van der Waals surface area contributed by atoms with Gasteiger partial charge in [0.05, 0.1) is 0 Å². The number of hydrogen-bond acceptors (Lipinski definition) is 4. The highest BCUT2D eigenvalue weighted by Gasteiger charge is 2.09. The molecule has 92 valence electrons. The predicted octanol–water partition coefficient (Wildman–Crippen LogP) is 0.700. The van der Waals surface area contributed by atoms with Gasteiger partial charge in [0.1, 0.15) is 6.04 Å². The van der Waals surface area contributed by atoms with E-state index < -0.39 is 12.0 Å². The van der Waals surface area contributed by atoms with Crippen LogP contribution in [0.2, 0.25) is 0 Å². The number of nitrogens with zero attached hydrogens (tertiary/aromatic N) is 1. The predicted molar refractivity (Wildman–Crippen MR) is 69.3 cm³/mol. The smallest absolute Gasteiger partial charge is 0.320 e. The lowest BCUT2D eigenvalue weighted by molar-refractivity contribution is -0.138. The van der Waals surface area contributed by atoms with Crippen LogP contribution in [-0.2, 0) is 4.79 Å². The average Bonchev–Trinajstić information content (AvgIpc) is 2.11. The molecule has 0 saturated carbocycles. The second kappa shape index (κ2) is 11.9. The minimum atomic E-state index is -0.971. The molecule has 0 unspecified atom stereocenters. The van der Waals surface area contributed by atoms with Gasteiger partial charge < -0.3 is 16.6 Å². The minimum absolute atomic E-state index is 0. The van der Waals surface area contributed by atoms with E-state index >= 15 is 0 Å². The Kier molecular flexibility index (Phi) is 16.1. The Morgan fingerprint density at radius 2 is 2.07 bits per heavy atom. The lowest BCUT2D eigenvalue weighted by atomic mass is 10.2. The molecule has 0 aliphatic rings. The molecule has 0 spiro atoms. The van der Waals surface area contributed by atoms with Crippen molar-refractivity contribution in [2.45, 2.75) is 18.9 Å². The zero-order valence-electron chi connectivity index (χ0n) is 8.38. The number of amidine groups is 1. The van der Waals surface area contributed by atoms with Crippen LogP contribution in [0.3, 0.4) is 0 Å². The van der Waals surface area contributed by atoms with Gasteiger partial charge in [-0.05, 0) is 19.1 Å². The van der Waals surface area contributed by atoms with Crippen molar-refractivity contribution in [1.82, 2.24) is 0 Å². The van der Waals surface area contributed by atoms with Crippen molar-refractivity contribution in [1.29, 1.82) is 0 Å². The van der Waals surface area contributed by atoms with E-state index in [2.05, 4.69) is 4.99 Å². The Balaban J connectivity index is -0.000000720. The van der Waals surface area contributed by atoms with Crippen molar-refractivity contribution in [3.63, 3.8) is 0 Å². The van der Waals surface area contributed by atoms with E-state index in [-0.39, 0.29) is 24.8 Å². The molecule has 0 aromatic heterocycles. The van der Waals surface area contributed by atoms with Gasteiger partial charge in [-0.15, -0.1) is 24.8 Å². The van der Waals surface area contributed by atoms with Crippen LogP contribution in [0, 0.1) is 0 Å². The van der Waals surface area contributed by atoms with E-state index in [1.165, 1.54) is 11.8 Å². The van der Waals surface area contributed by atoms with Crippen LogP contribution in [-0.4, -0.2) is 35.1 Å². The van der Waals surface area contributed by atoms with E-state index in [0.29, 0.717) is 24.6 Å². The third-order valence-electron chi connectivity index (χ3n) is 1.47. The summed E-state index contributed by atoms with van der Waals surface area (Å²) in [5.74, 6) is -0.971. The molecule has 0 aliphatic heterocycles. The maximum atomic E-state index is 10.3. The van der Waals surface area contributed by atoms with Crippen molar-refractivity contribution < 1.29 is 9.90 Å². The molecule has 0 aliphatic carbocycles. The van der Waals surface area contributed by atoms with E-state index in [1.54, 1.807) is 0 Å². The van der Waals surface area contributed by atoms with Crippen molar-refractivity contribution in [3.8, 4) is 0 Å². The summed E-state index contributed by atoms with van der Waals surface area (Å²) in [6, 6.07) is -0.786. The minimum Gasteiger partial charge on any atom is -0.480 e. The van der Waals surface area contributed by atoms with E-state index in [1.807, 2.05) is 6.26 Å². The summed E-state index contributed by atoms with van der Waals surface area (Å²) in [7, 11) is 0. The summed E-state index contributed by atoms with van der Waals surface area (Å²) in [6.45, 7) is 0.535. The summed E-state index contributed by atoms with van der Waals surface area (Å²) in [5, 5.41) is 8.96. The molecule has 0 aromatic carbocycles. The topological polar surface area (TPSA) is 102 Å². The van der Waals surface area contributed by atoms with Crippen LogP contribution >= 0.6 is 36.6 Å². The molecule has 0 heterocycles. The molecule has 5 N–H and O–H groups in total. The quantitative estimate of drug-likeness (QED) is 0.390. The van der Waals surface area contributed by atoms with E-state index in [9.17, 15) is 4.79 Å². The fourth-order valence-electron chi connectivity index (χ4n) is 0.688. The number of carbonyl (C=O) groups is 1.